The number of rotatable bonds is 3. The second-order valence-electron chi connectivity index (χ2n) is 6.92. The molecule has 3 aromatic rings. The van der Waals surface area contributed by atoms with E-state index in [0.29, 0.717) is 18.0 Å². The number of carbonyl (C=O) groups is 3. The summed E-state index contributed by atoms with van der Waals surface area (Å²) in [5.74, 6) is -0.826. The Labute approximate surface area is 164 Å². The van der Waals surface area contributed by atoms with Crippen LogP contribution >= 0.6 is 11.3 Å². The lowest BCUT2D eigenvalue weighted by molar-refractivity contribution is -0.134. The number of imide groups is 1. The Bertz CT molecular complexity index is 1110. The molecule has 1 unspecified atom stereocenters. The van der Waals surface area contributed by atoms with Crippen molar-refractivity contribution in [2.75, 3.05) is 11.9 Å². The summed E-state index contributed by atoms with van der Waals surface area (Å²) >= 11 is 1.35. The van der Waals surface area contributed by atoms with E-state index in [1.165, 1.54) is 11.3 Å². The van der Waals surface area contributed by atoms with E-state index in [1.807, 2.05) is 48.5 Å². The first-order valence-corrected chi connectivity index (χ1v) is 9.76. The van der Waals surface area contributed by atoms with Gasteiger partial charge in [0.1, 0.15) is 12.1 Å². The Morgan fingerprint density at radius 1 is 1.18 bits per heavy atom. The lowest BCUT2D eigenvalue weighted by atomic mass is 9.92. The normalized spacial score (nSPS) is 20.6. The van der Waals surface area contributed by atoms with Crippen molar-refractivity contribution in [3.63, 3.8) is 0 Å². The summed E-state index contributed by atoms with van der Waals surface area (Å²) in [5, 5.41) is 5.96. The molecule has 0 bridgehead atoms. The molecular formula is C20H16N4O3S. The van der Waals surface area contributed by atoms with Gasteiger partial charge in [-0.15, -0.1) is 0 Å². The molecule has 2 N–H and O–H groups in total. The lowest BCUT2D eigenvalue weighted by Gasteiger charge is -2.22. The van der Waals surface area contributed by atoms with Crippen LogP contribution in [0.5, 0.6) is 0 Å². The predicted molar refractivity (Wildman–Crippen MR) is 105 cm³/mol. The van der Waals surface area contributed by atoms with E-state index in [0.717, 1.165) is 26.2 Å². The summed E-state index contributed by atoms with van der Waals surface area (Å²) < 4.78 is 0.953. The number of amides is 4. The van der Waals surface area contributed by atoms with Gasteiger partial charge in [0, 0.05) is 0 Å². The first-order valence-electron chi connectivity index (χ1n) is 8.95. The highest BCUT2D eigenvalue weighted by atomic mass is 32.1. The molecule has 1 spiro atoms. The first kappa shape index (κ1) is 16.9. The molecule has 140 valence electrons. The van der Waals surface area contributed by atoms with Gasteiger partial charge in [0.2, 0.25) is 5.91 Å². The Kier molecular flexibility index (Phi) is 3.70. The van der Waals surface area contributed by atoms with Crippen LogP contribution in [-0.2, 0) is 21.5 Å². The van der Waals surface area contributed by atoms with Gasteiger partial charge in [0.15, 0.2) is 5.13 Å². The van der Waals surface area contributed by atoms with Gasteiger partial charge >= 0.3 is 6.03 Å². The number of anilines is 1. The van der Waals surface area contributed by atoms with E-state index in [-0.39, 0.29) is 12.5 Å². The number of nitrogens with one attached hydrogen (secondary N) is 2. The minimum Gasteiger partial charge on any atom is -0.319 e. The second kappa shape index (κ2) is 6.13. The SMILES string of the molecule is O=C(CN1C(=O)NC2(CCc3ccccc32)C1=O)Nc1nc2ccccc2s1. The van der Waals surface area contributed by atoms with Crippen molar-refractivity contribution in [3.05, 3.63) is 59.7 Å². The number of hydrogen-bond acceptors (Lipinski definition) is 5. The zero-order valence-electron chi connectivity index (χ0n) is 14.8. The summed E-state index contributed by atoms with van der Waals surface area (Å²) in [4.78, 5) is 43.4. The van der Waals surface area contributed by atoms with Crippen LogP contribution < -0.4 is 10.6 Å². The smallest absolute Gasteiger partial charge is 0.319 e. The average molecular weight is 392 g/mol. The van der Waals surface area contributed by atoms with Gasteiger partial charge in [-0.2, -0.15) is 0 Å². The molecule has 2 aromatic carbocycles. The molecule has 2 aliphatic rings. The molecule has 1 aliphatic heterocycles. The molecule has 7 nitrogen and oxygen atoms in total. The monoisotopic (exact) mass is 392 g/mol. The van der Waals surface area contributed by atoms with Crippen molar-refractivity contribution in [1.82, 2.24) is 15.2 Å². The number of carbonyl (C=O) groups excluding carboxylic acids is 3. The maximum absolute atomic E-state index is 13.1. The largest absolute Gasteiger partial charge is 0.325 e. The van der Waals surface area contributed by atoms with E-state index in [2.05, 4.69) is 15.6 Å². The van der Waals surface area contributed by atoms with Crippen LogP contribution in [0.15, 0.2) is 48.5 Å². The third kappa shape index (κ3) is 2.49. The minimum atomic E-state index is -1.05. The van der Waals surface area contributed by atoms with E-state index >= 15 is 0 Å². The van der Waals surface area contributed by atoms with Crippen molar-refractivity contribution < 1.29 is 14.4 Å². The van der Waals surface area contributed by atoms with Crippen molar-refractivity contribution in [2.45, 2.75) is 18.4 Å². The molecule has 4 amide bonds. The van der Waals surface area contributed by atoms with Gasteiger partial charge in [-0.05, 0) is 36.1 Å². The number of nitrogens with zero attached hydrogens (tertiary/aromatic N) is 2. The van der Waals surface area contributed by atoms with Gasteiger partial charge in [0.25, 0.3) is 5.91 Å². The number of aryl methyl sites for hydroxylation is 1. The third-order valence-corrected chi connectivity index (χ3v) is 6.22. The number of fused-ring (bicyclic) bond motifs is 3. The van der Waals surface area contributed by atoms with Gasteiger partial charge < -0.3 is 10.6 Å². The van der Waals surface area contributed by atoms with Crippen LogP contribution in [0.4, 0.5) is 9.93 Å². The minimum absolute atomic E-state index is 0.343. The quantitative estimate of drug-likeness (QED) is 0.671. The molecule has 1 fully saturated rings. The molecule has 5 rings (SSSR count). The maximum Gasteiger partial charge on any atom is 0.325 e. The molecule has 2 heterocycles. The van der Waals surface area contributed by atoms with E-state index in [4.69, 9.17) is 0 Å². The van der Waals surface area contributed by atoms with Crippen LogP contribution in [0.1, 0.15) is 17.5 Å². The van der Waals surface area contributed by atoms with Crippen molar-refractivity contribution in [1.29, 1.82) is 0 Å². The fourth-order valence-corrected chi connectivity index (χ4v) is 4.84. The zero-order valence-corrected chi connectivity index (χ0v) is 15.6. The summed E-state index contributed by atoms with van der Waals surface area (Å²) in [6.07, 6.45) is 1.22. The van der Waals surface area contributed by atoms with Gasteiger partial charge in [-0.1, -0.05) is 47.7 Å². The van der Waals surface area contributed by atoms with Crippen molar-refractivity contribution >= 4 is 44.5 Å². The molecular weight excluding hydrogens is 376 g/mol. The summed E-state index contributed by atoms with van der Waals surface area (Å²) in [6, 6.07) is 14.6. The highest BCUT2D eigenvalue weighted by molar-refractivity contribution is 7.22. The Hall–Kier alpha value is -3.26. The Morgan fingerprint density at radius 2 is 1.96 bits per heavy atom. The molecule has 1 aromatic heterocycles. The van der Waals surface area contributed by atoms with Crippen LogP contribution in [0.2, 0.25) is 0 Å². The second-order valence-corrected chi connectivity index (χ2v) is 7.95. The molecule has 1 atom stereocenters. The molecule has 0 radical (unpaired) electrons. The standard InChI is InChI=1S/C20H16N4O3S/c25-16(22-18-21-14-7-3-4-8-15(14)28-18)11-24-17(26)20(23-19(24)27)10-9-12-5-1-2-6-13(12)20/h1-8H,9-11H2,(H,23,27)(H,21,22,25). The predicted octanol–water partition coefficient (Wildman–Crippen LogP) is 2.63. The number of hydrogen-bond donors (Lipinski definition) is 2. The molecule has 8 heteroatoms. The van der Waals surface area contributed by atoms with Gasteiger partial charge in [-0.3, -0.25) is 14.5 Å². The van der Waals surface area contributed by atoms with Crippen LogP contribution in [-0.4, -0.2) is 34.3 Å². The number of urea groups is 1. The highest BCUT2D eigenvalue weighted by Crippen LogP contribution is 2.41. The number of benzene rings is 2. The number of thiazole rings is 1. The summed E-state index contributed by atoms with van der Waals surface area (Å²) in [6.45, 7) is -0.343. The van der Waals surface area contributed by atoms with E-state index in [9.17, 15) is 14.4 Å². The summed E-state index contributed by atoms with van der Waals surface area (Å²) in [7, 11) is 0. The molecule has 1 aliphatic carbocycles. The number of para-hydroxylation sites is 1. The molecule has 0 saturated carbocycles. The van der Waals surface area contributed by atoms with E-state index < -0.39 is 17.5 Å². The molecule has 1 saturated heterocycles. The number of aromatic nitrogens is 1. The van der Waals surface area contributed by atoms with E-state index in [1.54, 1.807) is 0 Å². The van der Waals surface area contributed by atoms with Crippen molar-refractivity contribution in [2.24, 2.45) is 0 Å². The lowest BCUT2D eigenvalue weighted by Crippen LogP contribution is -2.42. The van der Waals surface area contributed by atoms with Crippen LogP contribution in [0.25, 0.3) is 10.2 Å². The topological polar surface area (TPSA) is 91.4 Å². The third-order valence-electron chi connectivity index (χ3n) is 5.26. The first-order chi connectivity index (χ1) is 13.6. The Morgan fingerprint density at radius 3 is 2.82 bits per heavy atom. The fourth-order valence-electron chi connectivity index (χ4n) is 3.96. The van der Waals surface area contributed by atoms with Gasteiger partial charge in [-0.25, -0.2) is 9.78 Å². The maximum atomic E-state index is 13.1. The van der Waals surface area contributed by atoms with Crippen molar-refractivity contribution in [3.8, 4) is 0 Å². The van der Waals surface area contributed by atoms with Gasteiger partial charge in [0.05, 0.1) is 10.2 Å². The Balaban J connectivity index is 1.35. The molecule has 28 heavy (non-hydrogen) atoms. The zero-order chi connectivity index (χ0) is 19.3. The fraction of sp³-hybridized carbons (Fsp3) is 0.200. The summed E-state index contributed by atoms with van der Waals surface area (Å²) in [5.41, 5.74) is 1.61. The van der Waals surface area contributed by atoms with Crippen LogP contribution in [0.3, 0.4) is 0 Å². The van der Waals surface area contributed by atoms with Crippen LogP contribution in [0, 0.1) is 0 Å². The highest BCUT2D eigenvalue weighted by Gasteiger charge is 2.55. The average Bonchev–Trinajstić information content (AvgIpc) is 3.33.